The van der Waals surface area contributed by atoms with Crippen molar-refractivity contribution >= 4 is 21.8 Å². The third kappa shape index (κ3) is 6.68. The SMILES string of the molecule is O=C(O)C[C@@H](CS(=O)(=O)Cc1ccccc1)C(=O)OCc1ccccc1. The van der Waals surface area contributed by atoms with E-state index in [1.54, 1.807) is 54.6 Å². The summed E-state index contributed by atoms with van der Waals surface area (Å²) < 4.78 is 29.9. The highest BCUT2D eigenvalue weighted by atomic mass is 32.2. The Kier molecular flexibility index (Phi) is 6.91. The van der Waals surface area contributed by atoms with Gasteiger partial charge in [0.1, 0.15) is 6.61 Å². The van der Waals surface area contributed by atoms with Crippen molar-refractivity contribution in [1.29, 1.82) is 0 Å². The van der Waals surface area contributed by atoms with Crippen LogP contribution in [-0.4, -0.2) is 31.2 Å². The third-order valence-corrected chi connectivity index (χ3v) is 5.35. The molecular formula is C19H20O6S. The number of esters is 1. The van der Waals surface area contributed by atoms with Crippen LogP contribution in [0.25, 0.3) is 0 Å². The first-order chi connectivity index (χ1) is 12.4. The quantitative estimate of drug-likeness (QED) is 0.675. The molecule has 0 unspecified atom stereocenters. The van der Waals surface area contributed by atoms with Crippen LogP contribution in [0, 0.1) is 5.92 Å². The second kappa shape index (κ2) is 9.15. The van der Waals surface area contributed by atoms with E-state index in [-0.39, 0.29) is 12.4 Å². The van der Waals surface area contributed by atoms with Gasteiger partial charge >= 0.3 is 11.9 Å². The lowest BCUT2D eigenvalue weighted by atomic mass is 10.1. The van der Waals surface area contributed by atoms with Crippen LogP contribution in [-0.2, 0) is 36.5 Å². The zero-order valence-corrected chi connectivity index (χ0v) is 14.9. The fourth-order valence-electron chi connectivity index (χ4n) is 2.46. The minimum atomic E-state index is -3.67. The molecule has 1 N–H and O–H groups in total. The van der Waals surface area contributed by atoms with Gasteiger partial charge < -0.3 is 9.84 Å². The maximum absolute atomic E-state index is 12.4. The molecule has 0 aromatic heterocycles. The Bertz CT molecular complexity index is 831. The highest BCUT2D eigenvalue weighted by Gasteiger charge is 2.29. The maximum Gasteiger partial charge on any atom is 0.310 e. The summed E-state index contributed by atoms with van der Waals surface area (Å²) in [5.74, 6) is -4.14. The van der Waals surface area contributed by atoms with Crippen LogP contribution in [0.15, 0.2) is 60.7 Å². The van der Waals surface area contributed by atoms with Gasteiger partial charge in [0, 0.05) is 0 Å². The van der Waals surface area contributed by atoms with Gasteiger partial charge in [0.15, 0.2) is 9.84 Å². The molecule has 2 aromatic carbocycles. The first-order valence-electron chi connectivity index (χ1n) is 8.02. The zero-order valence-electron chi connectivity index (χ0n) is 14.1. The number of carbonyl (C=O) groups is 2. The minimum absolute atomic E-state index is 0.0332. The van der Waals surface area contributed by atoms with E-state index in [0.29, 0.717) is 5.56 Å². The number of rotatable bonds is 9. The summed E-state index contributed by atoms with van der Waals surface area (Å²) in [6.45, 7) is -0.0332. The average Bonchev–Trinajstić information content (AvgIpc) is 2.60. The molecule has 0 spiro atoms. The molecule has 0 saturated carbocycles. The van der Waals surface area contributed by atoms with Crippen LogP contribution >= 0.6 is 0 Å². The monoisotopic (exact) mass is 376 g/mol. The average molecular weight is 376 g/mol. The molecule has 138 valence electrons. The second-order valence-electron chi connectivity index (χ2n) is 5.93. The largest absolute Gasteiger partial charge is 0.481 e. The van der Waals surface area contributed by atoms with Crippen molar-refractivity contribution in [3.8, 4) is 0 Å². The van der Waals surface area contributed by atoms with E-state index in [9.17, 15) is 18.0 Å². The van der Waals surface area contributed by atoms with Gasteiger partial charge in [-0.05, 0) is 11.1 Å². The molecule has 0 fully saturated rings. The lowest BCUT2D eigenvalue weighted by Crippen LogP contribution is -2.28. The summed E-state index contributed by atoms with van der Waals surface area (Å²) >= 11 is 0. The van der Waals surface area contributed by atoms with Crippen molar-refractivity contribution in [2.45, 2.75) is 18.8 Å². The summed E-state index contributed by atoms with van der Waals surface area (Å²) in [6, 6.07) is 17.4. The fourth-order valence-corrected chi connectivity index (χ4v) is 4.15. The smallest absolute Gasteiger partial charge is 0.310 e. The van der Waals surface area contributed by atoms with Crippen molar-refractivity contribution in [3.63, 3.8) is 0 Å². The molecule has 0 amide bonds. The molecule has 2 rings (SSSR count). The number of ether oxygens (including phenoxy) is 1. The first kappa shape index (κ1) is 19.7. The van der Waals surface area contributed by atoms with Gasteiger partial charge in [-0.25, -0.2) is 8.42 Å². The van der Waals surface area contributed by atoms with Crippen molar-refractivity contribution in [1.82, 2.24) is 0 Å². The summed E-state index contributed by atoms with van der Waals surface area (Å²) in [7, 11) is -3.67. The number of carbonyl (C=O) groups excluding carboxylic acids is 1. The van der Waals surface area contributed by atoms with Crippen LogP contribution in [0.4, 0.5) is 0 Å². The van der Waals surface area contributed by atoms with E-state index < -0.39 is 39.9 Å². The van der Waals surface area contributed by atoms with Gasteiger partial charge in [0.25, 0.3) is 0 Å². The maximum atomic E-state index is 12.4. The molecule has 0 radical (unpaired) electrons. The molecule has 0 aliphatic heterocycles. The Morgan fingerprint density at radius 1 is 0.923 bits per heavy atom. The van der Waals surface area contributed by atoms with E-state index in [0.717, 1.165) is 5.56 Å². The molecule has 0 aliphatic carbocycles. The van der Waals surface area contributed by atoms with E-state index >= 15 is 0 Å². The lowest BCUT2D eigenvalue weighted by molar-refractivity contribution is -0.153. The molecule has 1 atom stereocenters. The van der Waals surface area contributed by atoms with Gasteiger partial charge in [-0.15, -0.1) is 0 Å². The third-order valence-electron chi connectivity index (χ3n) is 3.66. The molecule has 6 nitrogen and oxygen atoms in total. The summed E-state index contributed by atoms with van der Waals surface area (Å²) in [4.78, 5) is 23.3. The Morgan fingerprint density at radius 2 is 1.46 bits per heavy atom. The number of sulfone groups is 1. The molecule has 0 bridgehead atoms. The number of carboxylic acid groups (broad SMARTS) is 1. The number of carboxylic acids is 1. The molecular weight excluding hydrogens is 356 g/mol. The molecule has 0 saturated heterocycles. The summed E-state index contributed by atoms with van der Waals surface area (Å²) in [5.41, 5.74) is 1.32. The van der Waals surface area contributed by atoms with Crippen LogP contribution in [0.1, 0.15) is 17.5 Å². The van der Waals surface area contributed by atoms with Crippen molar-refractivity contribution in [3.05, 3.63) is 71.8 Å². The predicted molar refractivity (Wildman–Crippen MR) is 95.9 cm³/mol. The van der Waals surface area contributed by atoms with E-state index in [1.165, 1.54) is 0 Å². The van der Waals surface area contributed by atoms with Gasteiger partial charge in [-0.2, -0.15) is 0 Å². The zero-order chi connectivity index (χ0) is 19.0. The topological polar surface area (TPSA) is 97.7 Å². The Labute approximate surface area is 152 Å². The molecule has 0 aliphatic rings. The summed E-state index contributed by atoms with van der Waals surface area (Å²) in [5, 5.41) is 9.00. The number of benzene rings is 2. The van der Waals surface area contributed by atoms with Gasteiger partial charge in [0.05, 0.1) is 23.8 Å². The summed E-state index contributed by atoms with van der Waals surface area (Å²) in [6.07, 6.45) is -0.596. The lowest BCUT2D eigenvalue weighted by Gasteiger charge is -2.15. The highest BCUT2D eigenvalue weighted by Crippen LogP contribution is 2.15. The first-order valence-corrected chi connectivity index (χ1v) is 9.84. The van der Waals surface area contributed by atoms with E-state index in [2.05, 4.69) is 0 Å². The standard InChI is InChI=1S/C19H20O6S/c20-18(21)11-17(19(22)25-12-15-7-3-1-4-8-15)14-26(23,24)13-16-9-5-2-6-10-16/h1-10,17H,11-14H2,(H,20,21)/t17-/m0/s1. The van der Waals surface area contributed by atoms with Crippen molar-refractivity contribution < 1.29 is 27.9 Å². The molecule has 2 aromatic rings. The number of aliphatic carboxylic acids is 1. The van der Waals surface area contributed by atoms with Crippen molar-refractivity contribution in [2.75, 3.05) is 5.75 Å². The van der Waals surface area contributed by atoms with Crippen LogP contribution in [0.5, 0.6) is 0 Å². The van der Waals surface area contributed by atoms with Crippen LogP contribution in [0.3, 0.4) is 0 Å². The number of hydrogen-bond acceptors (Lipinski definition) is 5. The van der Waals surface area contributed by atoms with E-state index in [1.807, 2.05) is 6.07 Å². The van der Waals surface area contributed by atoms with Crippen LogP contribution < -0.4 is 0 Å². The Balaban J connectivity index is 2.03. The Hall–Kier alpha value is -2.67. The van der Waals surface area contributed by atoms with Gasteiger partial charge in [0.2, 0.25) is 0 Å². The van der Waals surface area contributed by atoms with Gasteiger partial charge in [-0.1, -0.05) is 60.7 Å². The number of hydrogen-bond donors (Lipinski definition) is 1. The molecule has 26 heavy (non-hydrogen) atoms. The highest BCUT2D eigenvalue weighted by molar-refractivity contribution is 7.90. The normalized spacial score (nSPS) is 12.3. The Morgan fingerprint density at radius 3 is 2.00 bits per heavy atom. The molecule has 0 heterocycles. The molecule has 7 heteroatoms. The van der Waals surface area contributed by atoms with Crippen molar-refractivity contribution in [2.24, 2.45) is 5.92 Å². The second-order valence-corrected chi connectivity index (χ2v) is 8.04. The predicted octanol–water partition coefficient (Wildman–Crippen LogP) is 2.44. The van der Waals surface area contributed by atoms with Crippen LogP contribution in [0.2, 0.25) is 0 Å². The minimum Gasteiger partial charge on any atom is -0.481 e. The fraction of sp³-hybridized carbons (Fsp3) is 0.263. The van der Waals surface area contributed by atoms with Gasteiger partial charge in [-0.3, -0.25) is 9.59 Å². The van der Waals surface area contributed by atoms with E-state index in [4.69, 9.17) is 9.84 Å².